The van der Waals surface area contributed by atoms with E-state index in [-0.39, 0.29) is 18.9 Å². The minimum atomic E-state index is -0.712. The first-order chi connectivity index (χ1) is 9.97. The maximum Gasteiger partial charge on any atom is 0.345 e. The van der Waals surface area contributed by atoms with Crippen molar-refractivity contribution >= 4 is 17.2 Å². The van der Waals surface area contributed by atoms with E-state index < -0.39 is 11.8 Å². The minimum absolute atomic E-state index is 0.123. The van der Waals surface area contributed by atoms with E-state index in [1.807, 2.05) is 16.8 Å². The first-order valence-corrected chi connectivity index (χ1v) is 7.45. The summed E-state index contributed by atoms with van der Waals surface area (Å²) in [5.74, 6) is -0.218. The third-order valence-corrected chi connectivity index (χ3v) is 3.91. The minimum Gasteiger partial charge on any atom is -0.387 e. The molecule has 0 spiro atoms. The molecule has 0 radical (unpaired) electrons. The molecular weight excluding hydrogens is 290 g/mol. The Morgan fingerprint density at radius 1 is 1.52 bits per heavy atom. The SMILES string of the molecule is Cc1nc(=O)[nH]c(C)c1CC(=O)NCC(O)c1ccsc1. The van der Waals surface area contributed by atoms with Gasteiger partial charge in [-0.15, -0.1) is 0 Å². The number of aromatic nitrogens is 2. The molecule has 2 aromatic rings. The molecule has 2 rings (SSSR count). The normalized spacial score (nSPS) is 12.1. The molecule has 0 saturated carbocycles. The number of aliphatic hydroxyl groups is 1. The molecule has 1 unspecified atom stereocenters. The van der Waals surface area contributed by atoms with Crippen molar-refractivity contribution in [3.63, 3.8) is 0 Å². The first-order valence-electron chi connectivity index (χ1n) is 6.50. The van der Waals surface area contributed by atoms with Gasteiger partial charge in [0.1, 0.15) is 0 Å². The fourth-order valence-electron chi connectivity index (χ4n) is 2.03. The van der Waals surface area contributed by atoms with Crippen LogP contribution in [0.1, 0.15) is 28.6 Å². The molecule has 6 nitrogen and oxygen atoms in total. The smallest absolute Gasteiger partial charge is 0.345 e. The third-order valence-electron chi connectivity index (χ3n) is 3.21. The van der Waals surface area contributed by atoms with Crippen molar-refractivity contribution in [1.82, 2.24) is 15.3 Å². The lowest BCUT2D eigenvalue weighted by atomic mass is 10.1. The van der Waals surface area contributed by atoms with E-state index in [2.05, 4.69) is 15.3 Å². The number of thiophene rings is 1. The van der Waals surface area contributed by atoms with E-state index >= 15 is 0 Å². The Labute approximate surface area is 125 Å². The quantitative estimate of drug-likeness (QED) is 0.763. The van der Waals surface area contributed by atoms with E-state index in [4.69, 9.17) is 0 Å². The fraction of sp³-hybridized carbons (Fsp3) is 0.357. The topological polar surface area (TPSA) is 95.1 Å². The molecule has 0 aliphatic heterocycles. The van der Waals surface area contributed by atoms with Crippen LogP contribution in [0.15, 0.2) is 21.6 Å². The number of nitrogens with zero attached hydrogens (tertiary/aromatic N) is 1. The summed E-state index contributed by atoms with van der Waals surface area (Å²) in [6.07, 6.45) is -0.589. The van der Waals surface area contributed by atoms with E-state index in [9.17, 15) is 14.7 Å². The molecule has 0 bridgehead atoms. The molecule has 3 N–H and O–H groups in total. The Morgan fingerprint density at radius 2 is 2.29 bits per heavy atom. The molecule has 0 aliphatic carbocycles. The van der Waals surface area contributed by atoms with Crippen LogP contribution in [0.25, 0.3) is 0 Å². The maximum absolute atomic E-state index is 11.9. The predicted octanol–water partition coefficient (Wildman–Crippen LogP) is 0.841. The number of aryl methyl sites for hydroxylation is 2. The second-order valence-electron chi connectivity index (χ2n) is 4.78. The molecule has 1 amide bonds. The second-order valence-corrected chi connectivity index (χ2v) is 5.56. The van der Waals surface area contributed by atoms with Crippen LogP contribution in [0.4, 0.5) is 0 Å². The highest BCUT2D eigenvalue weighted by Gasteiger charge is 2.13. The van der Waals surface area contributed by atoms with Crippen molar-refractivity contribution in [3.05, 3.63) is 49.8 Å². The van der Waals surface area contributed by atoms with Crippen LogP contribution in [0.2, 0.25) is 0 Å². The van der Waals surface area contributed by atoms with Gasteiger partial charge in [0.2, 0.25) is 5.91 Å². The predicted molar refractivity (Wildman–Crippen MR) is 80.3 cm³/mol. The van der Waals surface area contributed by atoms with Gasteiger partial charge in [-0.2, -0.15) is 16.3 Å². The summed E-state index contributed by atoms with van der Waals surface area (Å²) in [6.45, 7) is 3.59. The third kappa shape index (κ3) is 3.99. The molecule has 112 valence electrons. The van der Waals surface area contributed by atoms with Crippen molar-refractivity contribution < 1.29 is 9.90 Å². The zero-order chi connectivity index (χ0) is 15.4. The number of amides is 1. The molecule has 0 saturated heterocycles. The highest BCUT2D eigenvalue weighted by atomic mass is 32.1. The van der Waals surface area contributed by atoms with Gasteiger partial charge in [0.05, 0.1) is 12.5 Å². The van der Waals surface area contributed by atoms with Gasteiger partial charge >= 0.3 is 5.69 Å². The van der Waals surface area contributed by atoms with Gasteiger partial charge in [0.25, 0.3) is 0 Å². The standard InChI is InChI=1S/C14H17N3O3S/c1-8-11(9(2)17-14(20)16-8)5-13(19)15-6-12(18)10-3-4-21-7-10/h3-4,7,12,18H,5-6H2,1-2H3,(H,15,19)(H,16,17,20). The number of carbonyl (C=O) groups is 1. The number of hydrogen-bond acceptors (Lipinski definition) is 5. The number of aromatic amines is 1. The van der Waals surface area contributed by atoms with Gasteiger partial charge in [-0.25, -0.2) is 4.79 Å². The van der Waals surface area contributed by atoms with E-state index in [1.165, 1.54) is 11.3 Å². The van der Waals surface area contributed by atoms with Crippen molar-refractivity contribution in [3.8, 4) is 0 Å². The summed E-state index contributed by atoms with van der Waals surface area (Å²) in [6, 6.07) is 1.82. The zero-order valence-electron chi connectivity index (χ0n) is 11.8. The van der Waals surface area contributed by atoms with Gasteiger partial charge < -0.3 is 15.4 Å². The zero-order valence-corrected chi connectivity index (χ0v) is 12.7. The molecule has 0 fully saturated rings. The van der Waals surface area contributed by atoms with Gasteiger partial charge in [0.15, 0.2) is 0 Å². The van der Waals surface area contributed by atoms with Crippen molar-refractivity contribution in [2.75, 3.05) is 6.54 Å². The monoisotopic (exact) mass is 307 g/mol. The van der Waals surface area contributed by atoms with Gasteiger partial charge in [-0.1, -0.05) is 0 Å². The largest absolute Gasteiger partial charge is 0.387 e. The number of H-pyrrole nitrogens is 1. The van der Waals surface area contributed by atoms with Crippen LogP contribution >= 0.6 is 11.3 Å². The number of rotatable bonds is 5. The molecule has 21 heavy (non-hydrogen) atoms. The average Bonchev–Trinajstić information content (AvgIpc) is 2.94. The van der Waals surface area contributed by atoms with Crippen LogP contribution in [0.5, 0.6) is 0 Å². The highest BCUT2D eigenvalue weighted by Crippen LogP contribution is 2.15. The summed E-state index contributed by atoms with van der Waals surface area (Å²) >= 11 is 1.50. The lowest BCUT2D eigenvalue weighted by Crippen LogP contribution is -2.30. The molecule has 0 aliphatic rings. The first kappa shape index (κ1) is 15.4. The summed E-state index contributed by atoms with van der Waals surface area (Å²) in [4.78, 5) is 29.5. The van der Waals surface area contributed by atoms with Crippen molar-refractivity contribution in [1.29, 1.82) is 0 Å². The number of hydrogen-bond donors (Lipinski definition) is 3. The molecule has 7 heteroatoms. The van der Waals surface area contributed by atoms with Crippen molar-refractivity contribution in [2.45, 2.75) is 26.4 Å². The Bertz CT molecular complexity index is 653. The molecular formula is C14H17N3O3S. The Hall–Kier alpha value is -1.99. The summed E-state index contributed by atoms with van der Waals surface area (Å²) in [7, 11) is 0. The molecule has 2 heterocycles. The highest BCUT2D eigenvalue weighted by molar-refractivity contribution is 7.07. The van der Waals surface area contributed by atoms with Gasteiger partial charge in [-0.05, 0) is 36.2 Å². The Balaban J connectivity index is 1.95. The van der Waals surface area contributed by atoms with Crippen LogP contribution in [0.3, 0.4) is 0 Å². The van der Waals surface area contributed by atoms with E-state index in [0.717, 1.165) is 5.56 Å². The molecule has 0 aromatic carbocycles. The van der Waals surface area contributed by atoms with Crippen LogP contribution in [-0.4, -0.2) is 27.5 Å². The summed E-state index contributed by atoms with van der Waals surface area (Å²) in [5, 5.41) is 16.3. The number of aliphatic hydroxyl groups excluding tert-OH is 1. The van der Waals surface area contributed by atoms with Crippen LogP contribution in [0, 0.1) is 13.8 Å². The molecule has 1 atom stereocenters. The van der Waals surface area contributed by atoms with Crippen LogP contribution in [-0.2, 0) is 11.2 Å². The Morgan fingerprint density at radius 3 is 2.90 bits per heavy atom. The van der Waals surface area contributed by atoms with Gasteiger partial charge in [-0.3, -0.25) is 4.79 Å². The van der Waals surface area contributed by atoms with E-state index in [0.29, 0.717) is 17.0 Å². The molecule has 2 aromatic heterocycles. The lowest BCUT2D eigenvalue weighted by molar-refractivity contribution is -0.120. The summed E-state index contributed by atoms with van der Waals surface area (Å²) < 4.78 is 0. The van der Waals surface area contributed by atoms with Gasteiger partial charge in [0, 0.05) is 23.5 Å². The summed E-state index contributed by atoms with van der Waals surface area (Å²) in [5.41, 5.74) is 2.27. The number of nitrogens with one attached hydrogen (secondary N) is 2. The van der Waals surface area contributed by atoms with E-state index in [1.54, 1.807) is 13.8 Å². The second kappa shape index (κ2) is 6.64. The fourth-order valence-corrected chi connectivity index (χ4v) is 2.74. The number of carbonyl (C=O) groups excluding carboxylic acids is 1. The average molecular weight is 307 g/mol. The lowest BCUT2D eigenvalue weighted by Gasteiger charge is -2.12. The maximum atomic E-state index is 11.9. The van der Waals surface area contributed by atoms with Crippen molar-refractivity contribution in [2.24, 2.45) is 0 Å². The Kier molecular flexibility index (Phi) is 4.87. The van der Waals surface area contributed by atoms with Crippen LogP contribution < -0.4 is 11.0 Å².